The molecule has 15 heavy (non-hydrogen) atoms. The number of rotatable bonds is 2. The molecule has 2 heterocycles. The van der Waals surface area contributed by atoms with Gasteiger partial charge in [0.2, 0.25) is 0 Å². The van der Waals surface area contributed by atoms with E-state index in [1.165, 1.54) is 6.54 Å². The highest BCUT2D eigenvalue weighted by atomic mass is 16.5. The first-order valence-electron chi connectivity index (χ1n) is 6.11. The molecule has 2 N–H and O–H groups in total. The first kappa shape index (κ1) is 11.3. The summed E-state index contributed by atoms with van der Waals surface area (Å²) in [6, 6.07) is 0.897. The Morgan fingerprint density at radius 1 is 1.27 bits per heavy atom. The summed E-state index contributed by atoms with van der Waals surface area (Å²) in [6.45, 7) is 9.52. The summed E-state index contributed by atoms with van der Waals surface area (Å²) in [7, 11) is 0. The zero-order chi connectivity index (χ0) is 10.7. The fourth-order valence-corrected chi connectivity index (χ4v) is 2.60. The maximum absolute atomic E-state index is 6.22. The van der Waals surface area contributed by atoms with E-state index in [4.69, 9.17) is 10.5 Å². The molecule has 0 saturated carbocycles. The number of likely N-dealkylation sites (tertiary alicyclic amines) is 1. The lowest BCUT2D eigenvalue weighted by Gasteiger charge is -2.43. The van der Waals surface area contributed by atoms with Gasteiger partial charge in [-0.3, -0.25) is 4.90 Å². The number of morpholine rings is 1. The molecule has 0 aromatic heterocycles. The van der Waals surface area contributed by atoms with Crippen molar-refractivity contribution in [1.82, 2.24) is 9.80 Å². The minimum Gasteiger partial charge on any atom is -0.379 e. The van der Waals surface area contributed by atoms with E-state index in [0.29, 0.717) is 12.1 Å². The molecule has 0 amide bonds. The molecule has 0 radical (unpaired) electrons. The number of ether oxygens (including phenoxy) is 1. The molecule has 0 aliphatic carbocycles. The van der Waals surface area contributed by atoms with Gasteiger partial charge in [-0.1, -0.05) is 6.92 Å². The molecule has 2 unspecified atom stereocenters. The van der Waals surface area contributed by atoms with Crippen LogP contribution in [0.25, 0.3) is 0 Å². The average Bonchev–Trinajstić information content (AvgIpc) is 2.31. The standard InChI is InChI=1S/C11H23N3O/c1-2-13-4-3-10(12)11(9-13)14-5-7-15-8-6-14/h10-11H,2-9,12H2,1H3. The van der Waals surface area contributed by atoms with Crippen molar-refractivity contribution in [2.24, 2.45) is 5.73 Å². The molecule has 2 saturated heterocycles. The van der Waals surface area contributed by atoms with E-state index in [1.807, 2.05) is 0 Å². The third kappa shape index (κ3) is 2.69. The van der Waals surface area contributed by atoms with Gasteiger partial charge in [0.15, 0.2) is 0 Å². The monoisotopic (exact) mass is 213 g/mol. The zero-order valence-corrected chi connectivity index (χ0v) is 9.69. The SMILES string of the molecule is CCN1CCC(N)C(N2CCOCC2)C1. The van der Waals surface area contributed by atoms with Crippen LogP contribution >= 0.6 is 0 Å². The van der Waals surface area contributed by atoms with Gasteiger partial charge in [-0.2, -0.15) is 0 Å². The third-order valence-corrected chi connectivity index (χ3v) is 3.68. The first-order chi connectivity index (χ1) is 7.31. The Morgan fingerprint density at radius 2 is 2.00 bits per heavy atom. The number of nitrogens with two attached hydrogens (primary N) is 1. The lowest BCUT2D eigenvalue weighted by molar-refractivity contribution is -0.00786. The van der Waals surface area contributed by atoms with Gasteiger partial charge in [-0.25, -0.2) is 0 Å². The molecular weight excluding hydrogens is 190 g/mol. The predicted octanol–water partition coefficient (Wildman–Crippen LogP) is -0.260. The molecule has 0 aromatic carbocycles. The van der Waals surface area contributed by atoms with Crippen molar-refractivity contribution < 1.29 is 4.74 Å². The number of nitrogens with zero attached hydrogens (tertiary/aromatic N) is 2. The zero-order valence-electron chi connectivity index (χ0n) is 9.69. The van der Waals surface area contributed by atoms with Gasteiger partial charge in [-0.15, -0.1) is 0 Å². The minimum atomic E-state index is 0.353. The van der Waals surface area contributed by atoms with E-state index in [9.17, 15) is 0 Å². The van der Waals surface area contributed by atoms with Crippen molar-refractivity contribution in [3.8, 4) is 0 Å². The van der Waals surface area contributed by atoms with Crippen LogP contribution in [0.1, 0.15) is 13.3 Å². The molecule has 0 spiro atoms. The number of piperidine rings is 1. The molecule has 4 heteroatoms. The lowest BCUT2D eigenvalue weighted by Crippen LogP contribution is -2.60. The average molecular weight is 213 g/mol. The fraction of sp³-hybridized carbons (Fsp3) is 1.00. The Morgan fingerprint density at radius 3 is 2.67 bits per heavy atom. The third-order valence-electron chi connectivity index (χ3n) is 3.68. The van der Waals surface area contributed by atoms with E-state index >= 15 is 0 Å². The Labute approximate surface area is 92.4 Å². The summed E-state index contributed by atoms with van der Waals surface area (Å²) in [6.07, 6.45) is 1.13. The fourth-order valence-electron chi connectivity index (χ4n) is 2.60. The van der Waals surface area contributed by atoms with Crippen LogP contribution in [0.5, 0.6) is 0 Å². The summed E-state index contributed by atoms with van der Waals surface area (Å²) >= 11 is 0. The number of hydrogen-bond donors (Lipinski definition) is 1. The highest BCUT2D eigenvalue weighted by Gasteiger charge is 2.31. The second kappa shape index (κ2) is 5.25. The van der Waals surface area contributed by atoms with Gasteiger partial charge in [0.1, 0.15) is 0 Å². The molecule has 2 atom stereocenters. The van der Waals surface area contributed by atoms with Gasteiger partial charge >= 0.3 is 0 Å². The second-order valence-electron chi connectivity index (χ2n) is 4.56. The Hall–Kier alpha value is -0.160. The van der Waals surface area contributed by atoms with Crippen molar-refractivity contribution in [3.63, 3.8) is 0 Å². The summed E-state index contributed by atoms with van der Waals surface area (Å²) < 4.78 is 5.38. The van der Waals surface area contributed by atoms with Crippen molar-refractivity contribution in [2.75, 3.05) is 45.9 Å². The maximum Gasteiger partial charge on any atom is 0.0594 e. The van der Waals surface area contributed by atoms with Crippen molar-refractivity contribution >= 4 is 0 Å². The molecule has 0 bridgehead atoms. The van der Waals surface area contributed by atoms with Gasteiger partial charge in [-0.05, 0) is 19.5 Å². The van der Waals surface area contributed by atoms with Crippen LogP contribution in [-0.4, -0.2) is 67.8 Å². The molecule has 88 valence electrons. The Kier molecular flexibility index (Phi) is 3.97. The van der Waals surface area contributed by atoms with Gasteiger partial charge in [0.25, 0.3) is 0 Å². The van der Waals surface area contributed by atoms with Crippen LogP contribution in [0.2, 0.25) is 0 Å². The van der Waals surface area contributed by atoms with Crippen LogP contribution in [0.15, 0.2) is 0 Å². The van der Waals surface area contributed by atoms with Crippen LogP contribution in [0, 0.1) is 0 Å². The van der Waals surface area contributed by atoms with Crippen LogP contribution in [0.3, 0.4) is 0 Å². The van der Waals surface area contributed by atoms with Crippen LogP contribution in [0.4, 0.5) is 0 Å². The molecule has 2 aliphatic heterocycles. The summed E-state index contributed by atoms with van der Waals surface area (Å²) in [5.74, 6) is 0. The number of likely N-dealkylation sites (N-methyl/N-ethyl adjacent to an activating group) is 1. The second-order valence-corrected chi connectivity index (χ2v) is 4.56. The van der Waals surface area contributed by atoms with Gasteiger partial charge in [0, 0.05) is 31.7 Å². The lowest BCUT2D eigenvalue weighted by atomic mass is 9.98. The predicted molar refractivity (Wildman–Crippen MR) is 60.9 cm³/mol. The van der Waals surface area contributed by atoms with Gasteiger partial charge in [0.05, 0.1) is 13.2 Å². The molecule has 2 rings (SSSR count). The minimum absolute atomic E-state index is 0.353. The Balaban J connectivity index is 1.92. The highest BCUT2D eigenvalue weighted by Crippen LogP contribution is 2.16. The topological polar surface area (TPSA) is 41.7 Å². The van der Waals surface area contributed by atoms with E-state index in [2.05, 4.69) is 16.7 Å². The largest absolute Gasteiger partial charge is 0.379 e. The van der Waals surface area contributed by atoms with Gasteiger partial charge < -0.3 is 15.4 Å². The van der Waals surface area contributed by atoms with Crippen molar-refractivity contribution in [3.05, 3.63) is 0 Å². The molecule has 4 nitrogen and oxygen atoms in total. The van der Waals surface area contributed by atoms with E-state index in [0.717, 1.165) is 45.8 Å². The quantitative estimate of drug-likeness (QED) is 0.686. The van der Waals surface area contributed by atoms with E-state index in [-0.39, 0.29) is 0 Å². The summed E-state index contributed by atoms with van der Waals surface area (Å²) in [5.41, 5.74) is 6.22. The van der Waals surface area contributed by atoms with E-state index < -0.39 is 0 Å². The number of hydrogen-bond acceptors (Lipinski definition) is 4. The molecule has 2 fully saturated rings. The maximum atomic E-state index is 6.22. The summed E-state index contributed by atoms with van der Waals surface area (Å²) in [4.78, 5) is 5.01. The molecular formula is C11H23N3O. The highest BCUT2D eigenvalue weighted by molar-refractivity contribution is 4.90. The van der Waals surface area contributed by atoms with Crippen molar-refractivity contribution in [2.45, 2.75) is 25.4 Å². The molecule has 2 aliphatic rings. The van der Waals surface area contributed by atoms with E-state index in [1.54, 1.807) is 0 Å². The molecule has 0 aromatic rings. The smallest absolute Gasteiger partial charge is 0.0594 e. The normalized spacial score (nSPS) is 35.6. The van der Waals surface area contributed by atoms with Crippen LogP contribution < -0.4 is 5.73 Å². The van der Waals surface area contributed by atoms with Crippen LogP contribution in [-0.2, 0) is 4.74 Å². The summed E-state index contributed by atoms with van der Waals surface area (Å²) in [5, 5.41) is 0. The first-order valence-corrected chi connectivity index (χ1v) is 6.11. The Bertz CT molecular complexity index is 194. The van der Waals surface area contributed by atoms with Crippen molar-refractivity contribution in [1.29, 1.82) is 0 Å².